The predicted octanol–water partition coefficient (Wildman–Crippen LogP) is 2.23. The number of rotatable bonds is 3. The van der Waals surface area contributed by atoms with Gasteiger partial charge < -0.3 is 15.3 Å². The number of nitrogens with zero attached hydrogens (tertiary/aromatic N) is 1. The van der Waals surface area contributed by atoms with Crippen LogP contribution in [0, 0.1) is 11.8 Å². The summed E-state index contributed by atoms with van der Waals surface area (Å²) in [4.78, 5) is 13.7. The molecular formula is C18H24N2O2. The topological polar surface area (TPSA) is 52.6 Å². The molecule has 118 valence electrons. The van der Waals surface area contributed by atoms with Crippen LogP contribution in [0.5, 0.6) is 0 Å². The Kier molecular flexibility index (Phi) is 3.66. The fourth-order valence-electron chi connectivity index (χ4n) is 4.50. The molecule has 0 spiro atoms. The van der Waals surface area contributed by atoms with Gasteiger partial charge in [0.1, 0.15) is 0 Å². The summed E-state index contributed by atoms with van der Waals surface area (Å²) >= 11 is 0. The van der Waals surface area contributed by atoms with Crippen LogP contribution < -0.4 is 5.32 Å². The maximum atomic E-state index is 11.1. The number of benzene rings is 1. The van der Waals surface area contributed by atoms with Gasteiger partial charge in [-0.2, -0.15) is 0 Å². The standard InChI is InChI=1S/C18H24N2O2/c21-18(22)15-9-17(19-10-15)14-3-1-12(2-4-14)16-11-20-7-5-13(16)6-8-20/h1-4,13,15-17,19H,5-11H2,(H,21,22). The van der Waals surface area contributed by atoms with Crippen molar-refractivity contribution in [1.29, 1.82) is 0 Å². The van der Waals surface area contributed by atoms with E-state index in [1.54, 1.807) is 0 Å². The van der Waals surface area contributed by atoms with E-state index in [1.807, 2.05) is 0 Å². The number of fused-ring (bicyclic) bond motifs is 3. The minimum atomic E-state index is -0.682. The summed E-state index contributed by atoms with van der Waals surface area (Å²) in [6.07, 6.45) is 3.39. The second-order valence-electron chi connectivity index (χ2n) is 7.14. The summed E-state index contributed by atoms with van der Waals surface area (Å²) in [6.45, 7) is 4.36. The van der Waals surface area contributed by atoms with E-state index in [-0.39, 0.29) is 12.0 Å². The molecule has 4 saturated heterocycles. The monoisotopic (exact) mass is 300 g/mol. The molecule has 0 aliphatic carbocycles. The lowest BCUT2D eigenvalue weighted by Crippen LogP contribution is -2.46. The van der Waals surface area contributed by atoms with Crippen molar-refractivity contribution in [3.05, 3.63) is 35.4 Å². The van der Waals surface area contributed by atoms with Crippen LogP contribution >= 0.6 is 0 Å². The summed E-state index contributed by atoms with van der Waals surface area (Å²) in [6, 6.07) is 9.15. The highest BCUT2D eigenvalue weighted by Crippen LogP contribution is 2.39. The maximum absolute atomic E-state index is 11.1. The van der Waals surface area contributed by atoms with Gasteiger partial charge in [0.25, 0.3) is 0 Å². The van der Waals surface area contributed by atoms with Gasteiger partial charge in [0.2, 0.25) is 0 Å². The van der Waals surface area contributed by atoms with Crippen molar-refractivity contribution in [1.82, 2.24) is 10.2 Å². The molecule has 0 aromatic heterocycles. The molecular weight excluding hydrogens is 276 g/mol. The van der Waals surface area contributed by atoms with E-state index in [9.17, 15) is 4.79 Å². The third kappa shape index (κ3) is 2.55. The smallest absolute Gasteiger partial charge is 0.307 e. The normalized spacial score (nSPS) is 37.4. The van der Waals surface area contributed by atoms with E-state index in [1.165, 1.54) is 43.6 Å². The van der Waals surface area contributed by atoms with Gasteiger partial charge in [-0.05, 0) is 55.3 Å². The highest BCUT2D eigenvalue weighted by Gasteiger charge is 2.35. The Morgan fingerprint density at radius 3 is 2.36 bits per heavy atom. The molecule has 4 nitrogen and oxygen atoms in total. The van der Waals surface area contributed by atoms with Crippen LogP contribution in [0.2, 0.25) is 0 Å². The zero-order valence-electron chi connectivity index (χ0n) is 12.9. The summed E-state index contributed by atoms with van der Waals surface area (Å²) in [7, 11) is 0. The molecule has 4 aliphatic heterocycles. The molecule has 0 saturated carbocycles. The quantitative estimate of drug-likeness (QED) is 0.899. The zero-order valence-corrected chi connectivity index (χ0v) is 12.9. The predicted molar refractivity (Wildman–Crippen MR) is 84.8 cm³/mol. The van der Waals surface area contributed by atoms with Crippen molar-refractivity contribution in [3.63, 3.8) is 0 Å². The van der Waals surface area contributed by atoms with Gasteiger partial charge in [0, 0.05) is 19.1 Å². The van der Waals surface area contributed by atoms with Crippen molar-refractivity contribution in [2.24, 2.45) is 11.8 Å². The van der Waals surface area contributed by atoms with E-state index >= 15 is 0 Å². The minimum Gasteiger partial charge on any atom is -0.481 e. The number of hydrogen-bond donors (Lipinski definition) is 2. The van der Waals surface area contributed by atoms with E-state index in [0.29, 0.717) is 18.9 Å². The van der Waals surface area contributed by atoms with E-state index in [0.717, 1.165) is 5.92 Å². The van der Waals surface area contributed by atoms with Crippen molar-refractivity contribution in [2.75, 3.05) is 26.2 Å². The summed E-state index contributed by atoms with van der Waals surface area (Å²) in [5.74, 6) is 0.627. The largest absolute Gasteiger partial charge is 0.481 e. The second kappa shape index (κ2) is 5.67. The average molecular weight is 300 g/mol. The number of aliphatic carboxylic acids is 1. The Morgan fingerprint density at radius 1 is 1.14 bits per heavy atom. The fraction of sp³-hybridized carbons (Fsp3) is 0.611. The van der Waals surface area contributed by atoms with Crippen molar-refractivity contribution < 1.29 is 9.90 Å². The van der Waals surface area contributed by atoms with E-state index in [4.69, 9.17) is 5.11 Å². The van der Waals surface area contributed by atoms with Gasteiger partial charge in [0.15, 0.2) is 0 Å². The number of carbonyl (C=O) groups is 1. The minimum absolute atomic E-state index is 0.196. The van der Waals surface area contributed by atoms with Gasteiger partial charge in [0.05, 0.1) is 5.92 Å². The Balaban J connectivity index is 1.46. The number of piperidine rings is 3. The molecule has 0 radical (unpaired) electrons. The van der Waals surface area contributed by atoms with Gasteiger partial charge >= 0.3 is 5.97 Å². The Labute approximate surface area is 131 Å². The molecule has 5 rings (SSSR count). The average Bonchev–Trinajstić information content (AvgIpc) is 3.06. The lowest BCUT2D eigenvalue weighted by atomic mass is 9.75. The second-order valence-corrected chi connectivity index (χ2v) is 7.14. The summed E-state index contributed by atoms with van der Waals surface area (Å²) in [5, 5.41) is 12.4. The van der Waals surface area contributed by atoms with Gasteiger partial charge in [-0.3, -0.25) is 4.79 Å². The molecule has 4 fully saturated rings. The molecule has 1 aromatic rings. The first-order chi connectivity index (χ1) is 10.7. The third-order valence-electron chi connectivity index (χ3n) is 5.90. The molecule has 3 unspecified atom stereocenters. The highest BCUT2D eigenvalue weighted by molar-refractivity contribution is 5.70. The molecule has 2 bridgehead atoms. The van der Waals surface area contributed by atoms with Gasteiger partial charge in [-0.25, -0.2) is 0 Å². The number of hydrogen-bond acceptors (Lipinski definition) is 3. The summed E-state index contributed by atoms with van der Waals surface area (Å²) in [5.41, 5.74) is 2.69. The van der Waals surface area contributed by atoms with E-state index in [2.05, 4.69) is 34.5 Å². The van der Waals surface area contributed by atoms with Crippen LogP contribution in [0.1, 0.15) is 42.3 Å². The van der Waals surface area contributed by atoms with Gasteiger partial charge in [-0.1, -0.05) is 24.3 Å². The van der Waals surface area contributed by atoms with Crippen LogP contribution in [-0.2, 0) is 4.79 Å². The third-order valence-corrected chi connectivity index (χ3v) is 5.90. The van der Waals surface area contributed by atoms with Crippen molar-refractivity contribution >= 4 is 5.97 Å². The van der Waals surface area contributed by atoms with Crippen molar-refractivity contribution in [2.45, 2.75) is 31.2 Å². The lowest BCUT2D eigenvalue weighted by molar-refractivity contribution is -0.141. The molecule has 4 aliphatic rings. The lowest BCUT2D eigenvalue weighted by Gasteiger charge is -2.45. The number of carboxylic acids is 1. The van der Waals surface area contributed by atoms with E-state index < -0.39 is 5.97 Å². The Bertz CT molecular complexity index is 549. The first kappa shape index (κ1) is 14.2. The number of nitrogens with one attached hydrogen (secondary N) is 1. The Hall–Kier alpha value is -1.39. The molecule has 4 heterocycles. The van der Waals surface area contributed by atoms with Crippen LogP contribution in [-0.4, -0.2) is 42.2 Å². The molecule has 22 heavy (non-hydrogen) atoms. The maximum Gasteiger partial charge on any atom is 0.307 e. The van der Waals surface area contributed by atoms with Crippen LogP contribution in [0.25, 0.3) is 0 Å². The Morgan fingerprint density at radius 2 is 1.82 bits per heavy atom. The first-order valence-electron chi connectivity index (χ1n) is 8.49. The van der Waals surface area contributed by atoms with Crippen LogP contribution in [0.3, 0.4) is 0 Å². The number of carboxylic acid groups (broad SMARTS) is 1. The van der Waals surface area contributed by atoms with Crippen LogP contribution in [0.15, 0.2) is 24.3 Å². The zero-order chi connectivity index (χ0) is 15.1. The molecule has 2 N–H and O–H groups in total. The first-order valence-corrected chi connectivity index (χ1v) is 8.49. The summed E-state index contributed by atoms with van der Waals surface area (Å²) < 4.78 is 0. The molecule has 4 heteroatoms. The fourth-order valence-corrected chi connectivity index (χ4v) is 4.50. The molecule has 0 amide bonds. The van der Waals surface area contributed by atoms with Crippen LogP contribution in [0.4, 0.5) is 0 Å². The SMILES string of the molecule is O=C(O)C1CNC(c2ccc(C3CN4CCC3CC4)cc2)C1. The van der Waals surface area contributed by atoms with Crippen molar-refractivity contribution in [3.8, 4) is 0 Å². The van der Waals surface area contributed by atoms with Gasteiger partial charge in [-0.15, -0.1) is 0 Å². The molecule has 3 atom stereocenters. The highest BCUT2D eigenvalue weighted by atomic mass is 16.4. The molecule has 1 aromatic carbocycles.